The van der Waals surface area contributed by atoms with Gasteiger partial charge in [-0.15, -0.1) is 0 Å². The molecule has 1 nitrogen and oxygen atoms in total. The van der Waals surface area contributed by atoms with Crippen molar-refractivity contribution < 1.29 is 17.7 Å². The summed E-state index contributed by atoms with van der Waals surface area (Å²) >= 11 is 0. The molecule has 0 fully saturated rings. The van der Waals surface area contributed by atoms with E-state index in [1.807, 2.05) is 0 Å². The Hall–Kier alpha value is -2.11. The lowest BCUT2D eigenvalue weighted by Gasteiger charge is -2.09. The highest BCUT2D eigenvalue weighted by atomic mass is 19.4. The van der Waals surface area contributed by atoms with Crippen LogP contribution >= 0.6 is 0 Å². The third kappa shape index (κ3) is 4.94. The maximum absolute atomic E-state index is 9.67. The van der Waals surface area contributed by atoms with Gasteiger partial charge in [-0.3, -0.25) is 12.9 Å². The van der Waals surface area contributed by atoms with Crippen molar-refractivity contribution in [1.29, 1.82) is 0 Å². The molecule has 2 aromatic rings. The Morgan fingerprint density at radius 3 is 1.91 bits per heavy atom. The summed E-state index contributed by atoms with van der Waals surface area (Å²) in [5, 5.41) is 0. The largest absolute Gasteiger partial charge is 1.00 e. The third-order valence-corrected chi connectivity index (χ3v) is 3.34. The third-order valence-electron chi connectivity index (χ3n) is 3.34. The molecule has 0 saturated carbocycles. The minimum absolute atomic E-state index is 0. The van der Waals surface area contributed by atoms with Crippen LogP contribution in [0.2, 0.25) is 0 Å². The fourth-order valence-corrected chi connectivity index (χ4v) is 2.49. The smallest absolute Gasteiger partial charge is 0.762 e. The fraction of sp³-hybridized carbons (Fsp3) is 0.235. The molecule has 0 atom stereocenters. The molecule has 0 radical (unpaired) electrons. The summed E-state index contributed by atoms with van der Waals surface area (Å²) in [6, 6.07) is 19.1. The van der Waals surface area contributed by atoms with Gasteiger partial charge in [0.2, 0.25) is 11.4 Å². The summed E-state index contributed by atoms with van der Waals surface area (Å²) in [7, 11) is -3.67. The van der Waals surface area contributed by atoms with E-state index in [0.717, 1.165) is 0 Å². The number of hydrogen-bond donors (Lipinski definition) is 0. The van der Waals surface area contributed by atoms with Crippen LogP contribution in [0.15, 0.2) is 54.6 Å². The van der Waals surface area contributed by atoms with Crippen LogP contribution in [0.1, 0.15) is 26.8 Å². The Morgan fingerprint density at radius 1 is 0.870 bits per heavy atom. The first kappa shape index (κ1) is 20.9. The van der Waals surface area contributed by atoms with E-state index in [1.165, 1.54) is 16.9 Å². The highest BCUT2D eigenvalue weighted by Crippen LogP contribution is 2.37. The number of halogens is 4. The predicted octanol–water partition coefficient (Wildman–Crippen LogP) is 2.40. The van der Waals surface area contributed by atoms with Gasteiger partial charge in [0.25, 0.3) is 0 Å². The summed E-state index contributed by atoms with van der Waals surface area (Å²) < 4.78 is 31.3. The molecule has 2 aromatic carbocycles. The molecule has 0 saturated heterocycles. The van der Waals surface area contributed by atoms with Crippen LogP contribution < -0.4 is 9.28 Å². The lowest BCUT2D eigenvalue weighted by atomic mass is 9.87. The standard InChI is InChI=1S/C16H16N.CH4.BF3.FH/c1-16(2)12-17(13-8-4-3-5-9-13)15-11-7-6-10-14(15)16;;2-1(3)4;/h3-12H,1-2H3;1H4;;1H/q+1;;;/p-1. The fourth-order valence-electron chi connectivity index (χ4n) is 2.49. The summed E-state index contributed by atoms with van der Waals surface area (Å²) in [6.07, 6.45) is 2.30. The van der Waals surface area contributed by atoms with Crippen molar-refractivity contribution in [3.8, 4) is 0 Å². The summed E-state index contributed by atoms with van der Waals surface area (Å²) in [5.74, 6) is 0. The van der Waals surface area contributed by atoms with E-state index in [1.54, 1.807) is 0 Å². The molecular weight excluding hydrogens is 305 g/mol. The maximum Gasteiger partial charge on any atom is 0.762 e. The van der Waals surface area contributed by atoms with Crippen molar-refractivity contribution >= 4 is 25.1 Å². The first-order valence-corrected chi connectivity index (χ1v) is 6.64. The van der Waals surface area contributed by atoms with Crippen LogP contribution in [0.25, 0.3) is 0 Å². The summed E-state index contributed by atoms with van der Waals surface area (Å²) in [6.45, 7) is 4.52. The molecule has 6 heteroatoms. The molecule has 0 bridgehead atoms. The van der Waals surface area contributed by atoms with E-state index in [0.29, 0.717) is 0 Å². The van der Waals surface area contributed by atoms with E-state index in [4.69, 9.17) is 0 Å². The van der Waals surface area contributed by atoms with Crippen LogP contribution in [0.3, 0.4) is 0 Å². The van der Waals surface area contributed by atoms with Crippen molar-refractivity contribution in [2.24, 2.45) is 0 Å². The molecule has 124 valence electrons. The second-order valence-electron chi connectivity index (χ2n) is 5.32. The SMILES string of the molecule is C.CC1(C)C=[N+](c2ccccc2)c2ccccc21.FB(F)F.[F-]. The van der Waals surface area contributed by atoms with Crippen LogP contribution in [-0.4, -0.2) is 13.8 Å². The van der Waals surface area contributed by atoms with Gasteiger partial charge in [0, 0.05) is 23.8 Å². The minimum atomic E-state index is -3.67. The molecule has 3 rings (SSSR count). The lowest BCUT2D eigenvalue weighted by Crippen LogP contribution is -3.00. The van der Waals surface area contributed by atoms with Crippen molar-refractivity contribution in [3.05, 3.63) is 60.2 Å². The minimum Gasteiger partial charge on any atom is -1.00 e. The highest BCUT2D eigenvalue weighted by molar-refractivity contribution is 6.33. The molecule has 1 heterocycles. The Morgan fingerprint density at radius 2 is 1.35 bits per heavy atom. The molecule has 0 amide bonds. The van der Waals surface area contributed by atoms with Gasteiger partial charge in [0.05, 0.1) is 5.41 Å². The van der Waals surface area contributed by atoms with Crippen molar-refractivity contribution in [3.63, 3.8) is 0 Å². The Balaban J connectivity index is 0.000000731. The molecule has 0 unspecified atom stereocenters. The van der Waals surface area contributed by atoms with Gasteiger partial charge in [0.1, 0.15) is 0 Å². The summed E-state index contributed by atoms with van der Waals surface area (Å²) in [5.41, 5.74) is 4.02. The Kier molecular flexibility index (Phi) is 7.73. The average molecular weight is 325 g/mol. The highest BCUT2D eigenvalue weighted by Gasteiger charge is 2.37. The summed E-state index contributed by atoms with van der Waals surface area (Å²) in [4.78, 5) is 0. The quantitative estimate of drug-likeness (QED) is 0.430. The monoisotopic (exact) mass is 325 g/mol. The van der Waals surface area contributed by atoms with Crippen molar-refractivity contribution in [2.75, 3.05) is 0 Å². The second-order valence-corrected chi connectivity index (χ2v) is 5.32. The zero-order valence-corrected chi connectivity index (χ0v) is 12.3. The van der Waals surface area contributed by atoms with E-state index in [9.17, 15) is 12.9 Å². The molecule has 1 aliphatic heterocycles. The normalized spacial score (nSPS) is 13.3. The maximum atomic E-state index is 9.67. The number of rotatable bonds is 1. The number of nitrogens with zero attached hydrogens (tertiary/aromatic N) is 1. The molecule has 0 spiro atoms. The van der Waals surface area contributed by atoms with Crippen molar-refractivity contribution in [2.45, 2.75) is 26.7 Å². The van der Waals surface area contributed by atoms with Gasteiger partial charge in [-0.2, -0.15) is 4.58 Å². The van der Waals surface area contributed by atoms with Crippen molar-refractivity contribution in [1.82, 2.24) is 4.58 Å². The van der Waals surface area contributed by atoms with Crippen LogP contribution in [0.4, 0.5) is 24.3 Å². The van der Waals surface area contributed by atoms with Gasteiger partial charge >= 0.3 is 7.54 Å². The van der Waals surface area contributed by atoms with Crippen LogP contribution in [0.5, 0.6) is 0 Å². The van der Waals surface area contributed by atoms with E-state index < -0.39 is 7.54 Å². The van der Waals surface area contributed by atoms with E-state index in [2.05, 4.69) is 79.2 Å². The molecular formula is C17H20BF4N. The second kappa shape index (κ2) is 8.51. The molecule has 23 heavy (non-hydrogen) atoms. The predicted molar refractivity (Wildman–Crippen MR) is 89.2 cm³/mol. The first-order chi connectivity index (χ1) is 9.92. The molecule has 1 aliphatic rings. The molecule has 0 N–H and O–H groups in total. The topological polar surface area (TPSA) is 3.01 Å². The zero-order valence-electron chi connectivity index (χ0n) is 12.3. The average Bonchev–Trinajstić information content (AvgIpc) is 2.72. The van der Waals surface area contributed by atoms with Crippen LogP contribution in [0, 0.1) is 0 Å². The first-order valence-electron chi connectivity index (χ1n) is 6.64. The number of hydrogen-bond acceptors (Lipinski definition) is 0. The molecule has 0 aromatic heterocycles. The van der Waals surface area contributed by atoms with E-state index >= 15 is 0 Å². The lowest BCUT2D eigenvalue weighted by molar-refractivity contribution is -0.00000758. The molecule has 0 aliphatic carbocycles. The zero-order chi connectivity index (χ0) is 15.5. The Bertz CT molecular complexity index is 639. The Labute approximate surface area is 135 Å². The number of benzene rings is 2. The van der Waals surface area contributed by atoms with Gasteiger partial charge in [-0.1, -0.05) is 43.8 Å². The van der Waals surface area contributed by atoms with Gasteiger partial charge in [-0.25, -0.2) is 0 Å². The van der Waals surface area contributed by atoms with Gasteiger partial charge in [-0.05, 0) is 13.8 Å². The van der Waals surface area contributed by atoms with Gasteiger partial charge in [0.15, 0.2) is 6.21 Å². The number of fused-ring (bicyclic) bond motifs is 1. The van der Waals surface area contributed by atoms with E-state index in [-0.39, 0.29) is 17.5 Å². The number of para-hydroxylation sites is 2. The van der Waals surface area contributed by atoms with Gasteiger partial charge < -0.3 is 4.70 Å². The van der Waals surface area contributed by atoms with Crippen LogP contribution in [-0.2, 0) is 5.41 Å².